The second-order valence-electron chi connectivity index (χ2n) is 8.80. The smallest absolute Gasteiger partial charge is 0.193 e. The number of aromatic nitrogens is 1. The van der Waals surface area contributed by atoms with Crippen LogP contribution in [0.25, 0.3) is 0 Å². The van der Waals surface area contributed by atoms with Gasteiger partial charge in [-0.1, -0.05) is 20.3 Å². The molecule has 0 radical (unpaired) electrons. The zero-order chi connectivity index (χ0) is 20.0. The van der Waals surface area contributed by atoms with Crippen LogP contribution in [-0.2, 0) is 6.54 Å². The van der Waals surface area contributed by atoms with Gasteiger partial charge in [-0.2, -0.15) is 0 Å². The molecule has 7 heteroatoms. The van der Waals surface area contributed by atoms with Crippen molar-refractivity contribution in [2.45, 2.75) is 46.1 Å². The molecule has 2 aliphatic heterocycles. The number of nitrogens with zero attached hydrogens (tertiary/aromatic N) is 5. The number of likely N-dealkylation sites (N-methyl/N-ethyl adjacent to an activating group) is 1. The molecular formula is C22H39IN6. The lowest BCUT2D eigenvalue weighted by Gasteiger charge is -2.42. The normalized spacial score (nSPS) is 23.7. The monoisotopic (exact) mass is 514 g/mol. The molecule has 0 spiro atoms. The minimum atomic E-state index is 0. The van der Waals surface area contributed by atoms with Gasteiger partial charge in [-0.3, -0.25) is 4.99 Å². The summed E-state index contributed by atoms with van der Waals surface area (Å²) < 4.78 is 0. The van der Waals surface area contributed by atoms with Crippen molar-refractivity contribution >= 4 is 35.8 Å². The zero-order valence-electron chi connectivity index (χ0n) is 18.7. The third-order valence-corrected chi connectivity index (χ3v) is 6.23. The quantitative estimate of drug-likeness (QED) is 0.371. The number of guanidine groups is 1. The SMILES string of the molecule is CCCC1(C)CCCN(C(=NC)NCc2ccnc(N3CCN(C)CC3)c2)C1.I. The van der Waals surface area contributed by atoms with Crippen molar-refractivity contribution < 1.29 is 0 Å². The third-order valence-electron chi connectivity index (χ3n) is 6.23. The van der Waals surface area contributed by atoms with Crippen LogP contribution >= 0.6 is 24.0 Å². The highest BCUT2D eigenvalue weighted by molar-refractivity contribution is 14.0. The summed E-state index contributed by atoms with van der Waals surface area (Å²) in [6, 6.07) is 4.33. The Morgan fingerprint density at radius 1 is 1.24 bits per heavy atom. The summed E-state index contributed by atoms with van der Waals surface area (Å²) in [4.78, 5) is 16.4. The summed E-state index contributed by atoms with van der Waals surface area (Å²) in [6.07, 6.45) is 7.06. The molecule has 0 bridgehead atoms. The number of hydrogen-bond donors (Lipinski definition) is 1. The van der Waals surface area contributed by atoms with Crippen molar-refractivity contribution in [3.63, 3.8) is 0 Å². The highest BCUT2D eigenvalue weighted by atomic mass is 127. The Morgan fingerprint density at radius 3 is 2.69 bits per heavy atom. The van der Waals surface area contributed by atoms with Gasteiger partial charge in [0.15, 0.2) is 5.96 Å². The van der Waals surface area contributed by atoms with Gasteiger partial charge >= 0.3 is 0 Å². The third kappa shape index (κ3) is 6.70. The molecule has 1 unspecified atom stereocenters. The first-order chi connectivity index (χ1) is 13.5. The number of anilines is 1. The molecule has 1 N–H and O–H groups in total. The maximum Gasteiger partial charge on any atom is 0.193 e. The number of piperazine rings is 1. The minimum absolute atomic E-state index is 0. The Balaban J connectivity index is 0.00000300. The summed E-state index contributed by atoms with van der Waals surface area (Å²) in [7, 11) is 4.08. The molecule has 0 saturated carbocycles. The molecular weight excluding hydrogens is 475 g/mol. The number of piperidine rings is 1. The Hall–Kier alpha value is -1.09. The van der Waals surface area contributed by atoms with E-state index in [2.05, 4.69) is 63.0 Å². The lowest BCUT2D eigenvalue weighted by Crippen LogP contribution is -2.49. The van der Waals surface area contributed by atoms with Crippen LogP contribution in [0.15, 0.2) is 23.3 Å². The van der Waals surface area contributed by atoms with Crippen LogP contribution in [0, 0.1) is 5.41 Å². The highest BCUT2D eigenvalue weighted by Gasteiger charge is 2.31. The van der Waals surface area contributed by atoms with Gasteiger partial charge in [0.2, 0.25) is 0 Å². The Bertz CT molecular complexity index is 654. The summed E-state index contributed by atoms with van der Waals surface area (Å²) >= 11 is 0. The van der Waals surface area contributed by atoms with Crippen LogP contribution in [0.3, 0.4) is 0 Å². The average Bonchev–Trinajstić information content (AvgIpc) is 2.69. The fraction of sp³-hybridized carbons (Fsp3) is 0.727. The van der Waals surface area contributed by atoms with Gasteiger partial charge in [0.1, 0.15) is 5.82 Å². The molecule has 0 amide bonds. The van der Waals surface area contributed by atoms with Crippen LogP contribution in [0.4, 0.5) is 5.82 Å². The van der Waals surface area contributed by atoms with E-state index < -0.39 is 0 Å². The molecule has 3 rings (SSSR count). The number of hydrogen-bond acceptors (Lipinski definition) is 4. The van der Waals surface area contributed by atoms with E-state index in [1.54, 1.807) is 0 Å². The summed E-state index contributed by atoms with van der Waals surface area (Å²) in [5.41, 5.74) is 1.67. The number of aliphatic imine (C=N–C) groups is 1. The minimum Gasteiger partial charge on any atom is -0.354 e. The lowest BCUT2D eigenvalue weighted by molar-refractivity contribution is 0.142. The first-order valence-electron chi connectivity index (χ1n) is 10.9. The summed E-state index contributed by atoms with van der Waals surface area (Å²) in [5.74, 6) is 2.12. The van der Waals surface area contributed by atoms with E-state index >= 15 is 0 Å². The first kappa shape index (κ1) is 24.2. The molecule has 1 aromatic heterocycles. The van der Waals surface area contributed by atoms with Gasteiger partial charge in [0.05, 0.1) is 0 Å². The topological polar surface area (TPSA) is 47.0 Å². The zero-order valence-corrected chi connectivity index (χ0v) is 21.0. The Morgan fingerprint density at radius 2 is 2.00 bits per heavy atom. The molecule has 6 nitrogen and oxygen atoms in total. The van der Waals surface area contributed by atoms with Gasteiger partial charge in [-0.05, 0) is 49.4 Å². The Kier molecular flexibility index (Phi) is 9.46. The molecule has 0 aliphatic carbocycles. The lowest BCUT2D eigenvalue weighted by atomic mass is 9.78. The van der Waals surface area contributed by atoms with E-state index in [-0.39, 0.29) is 24.0 Å². The molecule has 1 atom stereocenters. The highest BCUT2D eigenvalue weighted by Crippen LogP contribution is 2.33. The fourth-order valence-corrected chi connectivity index (χ4v) is 4.60. The van der Waals surface area contributed by atoms with Gasteiger partial charge < -0.3 is 20.0 Å². The maximum absolute atomic E-state index is 4.60. The van der Waals surface area contributed by atoms with Crippen molar-refractivity contribution in [1.29, 1.82) is 0 Å². The number of pyridine rings is 1. The van der Waals surface area contributed by atoms with Crippen molar-refractivity contribution in [1.82, 2.24) is 20.1 Å². The first-order valence-corrected chi connectivity index (χ1v) is 10.9. The second-order valence-corrected chi connectivity index (χ2v) is 8.80. The number of halogens is 1. The number of likely N-dealkylation sites (tertiary alicyclic amines) is 1. The summed E-state index contributed by atoms with van der Waals surface area (Å²) in [5, 5.41) is 3.59. The van der Waals surface area contributed by atoms with Crippen molar-refractivity contribution in [3.05, 3.63) is 23.9 Å². The maximum atomic E-state index is 4.60. The molecule has 3 heterocycles. The van der Waals surface area contributed by atoms with Gasteiger partial charge in [-0.25, -0.2) is 4.98 Å². The van der Waals surface area contributed by atoms with E-state index in [9.17, 15) is 0 Å². The van der Waals surface area contributed by atoms with Gasteiger partial charge in [0.25, 0.3) is 0 Å². The predicted octanol–water partition coefficient (Wildman–Crippen LogP) is 3.43. The van der Waals surface area contributed by atoms with Crippen LogP contribution < -0.4 is 10.2 Å². The number of nitrogens with one attached hydrogen (secondary N) is 1. The van der Waals surface area contributed by atoms with Crippen molar-refractivity contribution in [3.8, 4) is 0 Å². The van der Waals surface area contributed by atoms with Gasteiger partial charge in [0, 0.05) is 59.1 Å². The largest absolute Gasteiger partial charge is 0.354 e. The summed E-state index contributed by atoms with van der Waals surface area (Å²) in [6.45, 7) is 12.0. The van der Waals surface area contributed by atoms with E-state index in [1.807, 2.05) is 13.2 Å². The number of rotatable bonds is 5. The molecule has 0 aromatic carbocycles. The molecule has 2 fully saturated rings. The average molecular weight is 515 g/mol. The van der Waals surface area contributed by atoms with E-state index in [0.717, 1.165) is 57.6 Å². The predicted molar refractivity (Wildman–Crippen MR) is 133 cm³/mol. The van der Waals surface area contributed by atoms with Crippen LogP contribution in [0.2, 0.25) is 0 Å². The molecule has 2 aliphatic rings. The van der Waals surface area contributed by atoms with Crippen molar-refractivity contribution in [2.24, 2.45) is 10.4 Å². The second kappa shape index (κ2) is 11.3. The standard InChI is InChI=1S/C22H38N6.HI/c1-5-8-22(2)9-6-11-28(18-22)21(23-3)25-17-19-7-10-24-20(16-19)27-14-12-26(4)13-15-27;/h7,10,16H,5-6,8-9,11-15,17-18H2,1-4H3,(H,23,25);1H. The van der Waals surface area contributed by atoms with E-state index in [1.165, 1.54) is 31.2 Å². The molecule has 1 aromatic rings. The van der Waals surface area contributed by atoms with Crippen molar-refractivity contribution in [2.75, 3.05) is 58.3 Å². The fourth-order valence-electron chi connectivity index (χ4n) is 4.60. The molecule has 29 heavy (non-hydrogen) atoms. The van der Waals surface area contributed by atoms with Crippen LogP contribution in [0.5, 0.6) is 0 Å². The Labute approximate surface area is 194 Å². The van der Waals surface area contributed by atoms with Crippen LogP contribution in [-0.4, -0.2) is 74.1 Å². The molecule has 164 valence electrons. The molecule has 2 saturated heterocycles. The van der Waals surface area contributed by atoms with E-state index in [0.29, 0.717) is 5.41 Å². The van der Waals surface area contributed by atoms with Crippen LogP contribution in [0.1, 0.15) is 45.1 Å². The van der Waals surface area contributed by atoms with Gasteiger partial charge in [-0.15, -0.1) is 24.0 Å². The van der Waals surface area contributed by atoms with E-state index in [4.69, 9.17) is 0 Å².